The van der Waals surface area contributed by atoms with Crippen molar-refractivity contribution in [3.63, 3.8) is 0 Å². The highest BCUT2D eigenvalue weighted by Gasteiger charge is 2.27. The standard InChI is InChI=1S/C11H16N2S/c1-2-9(6-12-5-1)11-13-10(7-14-11)8-3-4-8/h7-9,12H,1-6H2. The van der Waals surface area contributed by atoms with Crippen molar-refractivity contribution in [2.45, 2.75) is 37.5 Å². The van der Waals surface area contributed by atoms with Gasteiger partial charge in [-0.05, 0) is 32.2 Å². The summed E-state index contributed by atoms with van der Waals surface area (Å²) in [6.07, 6.45) is 5.37. The summed E-state index contributed by atoms with van der Waals surface area (Å²) < 4.78 is 0. The summed E-state index contributed by atoms with van der Waals surface area (Å²) in [5, 5.41) is 7.11. The number of nitrogens with one attached hydrogen (secondary N) is 1. The molecule has 2 aliphatic rings. The van der Waals surface area contributed by atoms with Gasteiger partial charge >= 0.3 is 0 Å². The monoisotopic (exact) mass is 208 g/mol. The lowest BCUT2D eigenvalue weighted by Gasteiger charge is -2.20. The van der Waals surface area contributed by atoms with Crippen LogP contribution in [0, 0.1) is 0 Å². The first-order valence-electron chi connectivity index (χ1n) is 5.59. The average molecular weight is 208 g/mol. The second-order valence-electron chi connectivity index (χ2n) is 4.43. The van der Waals surface area contributed by atoms with Crippen LogP contribution in [0.3, 0.4) is 0 Å². The first-order chi connectivity index (χ1) is 6.93. The third kappa shape index (κ3) is 1.71. The molecule has 14 heavy (non-hydrogen) atoms. The second kappa shape index (κ2) is 3.63. The zero-order valence-electron chi connectivity index (χ0n) is 8.33. The summed E-state index contributed by atoms with van der Waals surface area (Å²) in [4.78, 5) is 4.77. The van der Waals surface area contributed by atoms with Crippen LogP contribution in [-0.4, -0.2) is 18.1 Å². The lowest BCUT2D eigenvalue weighted by molar-refractivity contribution is 0.460. The van der Waals surface area contributed by atoms with Gasteiger partial charge in [-0.2, -0.15) is 0 Å². The van der Waals surface area contributed by atoms with Crippen LogP contribution < -0.4 is 5.32 Å². The fourth-order valence-electron chi connectivity index (χ4n) is 2.12. The summed E-state index contributed by atoms with van der Waals surface area (Å²) in [7, 11) is 0. The molecule has 1 aliphatic carbocycles. The smallest absolute Gasteiger partial charge is 0.0972 e. The minimum absolute atomic E-state index is 0.696. The molecule has 1 aromatic rings. The number of rotatable bonds is 2. The maximum Gasteiger partial charge on any atom is 0.0972 e. The van der Waals surface area contributed by atoms with Gasteiger partial charge in [-0.15, -0.1) is 11.3 Å². The Bertz CT molecular complexity index is 311. The molecular formula is C11H16N2S. The average Bonchev–Trinajstić information content (AvgIpc) is 2.98. The highest BCUT2D eigenvalue weighted by atomic mass is 32.1. The largest absolute Gasteiger partial charge is 0.316 e. The molecule has 76 valence electrons. The highest BCUT2D eigenvalue weighted by Crippen LogP contribution is 2.41. The van der Waals surface area contributed by atoms with E-state index < -0.39 is 0 Å². The molecule has 1 aliphatic heterocycles. The summed E-state index contributed by atoms with van der Waals surface area (Å²) >= 11 is 1.87. The zero-order chi connectivity index (χ0) is 9.38. The first kappa shape index (κ1) is 8.86. The summed E-state index contributed by atoms with van der Waals surface area (Å²) in [5.74, 6) is 1.51. The number of hydrogen-bond donors (Lipinski definition) is 1. The molecule has 0 spiro atoms. The van der Waals surface area contributed by atoms with Crippen LogP contribution in [0.5, 0.6) is 0 Å². The van der Waals surface area contributed by atoms with Crippen molar-refractivity contribution in [2.75, 3.05) is 13.1 Å². The lowest BCUT2D eigenvalue weighted by Crippen LogP contribution is -2.28. The van der Waals surface area contributed by atoms with Crippen molar-refractivity contribution in [1.82, 2.24) is 10.3 Å². The molecule has 1 saturated heterocycles. The van der Waals surface area contributed by atoms with Gasteiger partial charge in [0.05, 0.1) is 10.7 Å². The van der Waals surface area contributed by atoms with E-state index >= 15 is 0 Å². The van der Waals surface area contributed by atoms with Crippen LogP contribution in [0.2, 0.25) is 0 Å². The number of nitrogens with zero attached hydrogens (tertiary/aromatic N) is 1. The number of thiazole rings is 1. The zero-order valence-corrected chi connectivity index (χ0v) is 9.15. The van der Waals surface area contributed by atoms with E-state index in [1.807, 2.05) is 11.3 Å². The van der Waals surface area contributed by atoms with Crippen molar-refractivity contribution in [1.29, 1.82) is 0 Å². The molecule has 1 unspecified atom stereocenters. The van der Waals surface area contributed by atoms with E-state index in [4.69, 9.17) is 4.98 Å². The van der Waals surface area contributed by atoms with Crippen molar-refractivity contribution < 1.29 is 0 Å². The Morgan fingerprint density at radius 1 is 1.29 bits per heavy atom. The normalized spacial score (nSPS) is 27.9. The van der Waals surface area contributed by atoms with Gasteiger partial charge in [0.2, 0.25) is 0 Å². The van der Waals surface area contributed by atoms with E-state index in [2.05, 4.69) is 10.7 Å². The van der Waals surface area contributed by atoms with E-state index in [1.165, 1.54) is 42.9 Å². The molecule has 0 amide bonds. The van der Waals surface area contributed by atoms with Crippen LogP contribution in [-0.2, 0) is 0 Å². The summed E-state index contributed by atoms with van der Waals surface area (Å²) in [6, 6.07) is 0. The third-order valence-electron chi connectivity index (χ3n) is 3.18. The Kier molecular flexibility index (Phi) is 2.30. The maximum absolute atomic E-state index is 4.77. The molecule has 1 aromatic heterocycles. The van der Waals surface area contributed by atoms with Gasteiger partial charge in [0.15, 0.2) is 0 Å². The molecule has 3 rings (SSSR count). The Morgan fingerprint density at radius 2 is 2.21 bits per heavy atom. The van der Waals surface area contributed by atoms with Gasteiger partial charge in [-0.3, -0.25) is 0 Å². The van der Waals surface area contributed by atoms with E-state index in [-0.39, 0.29) is 0 Å². The number of piperidine rings is 1. The van der Waals surface area contributed by atoms with Crippen LogP contribution in [0.25, 0.3) is 0 Å². The molecule has 0 aromatic carbocycles. The van der Waals surface area contributed by atoms with E-state index in [0.717, 1.165) is 12.5 Å². The van der Waals surface area contributed by atoms with Gasteiger partial charge in [0.1, 0.15) is 0 Å². The van der Waals surface area contributed by atoms with Gasteiger partial charge < -0.3 is 5.32 Å². The Labute approximate surface area is 88.7 Å². The lowest BCUT2D eigenvalue weighted by atomic mass is 10.0. The Balaban J connectivity index is 1.74. The molecule has 2 heterocycles. The molecule has 1 N–H and O–H groups in total. The molecule has 2 nitrogen and oxygen atoms in total. The minimum atomic E-state index is 0.696. The van der Waals surface area contributed by atoms with Gasteiger partial charge in [0.25, 0.3) is 0 Å². The predicted molar refractivity (Wildman–Crippen MR) is 58.9 cm³/mol. The van der Waals surface area contributed by atoms with Crippen molar-refractivity contribution in [3.8, 4) is 0 Å². The van der Waals surface area contributed by atoms with E-state index in [9.17, 15) is 0 Å². The number of hydrogen-bond acceptors (Lipinski definition) is 3. The van der Waals surface area contributed by atoms with Crippen molar-refractivity contribution in [3.05, 3.63) is 16.1 Å². The minimum Gasteiger partial charge on any atom is -0.316 e. The molecule has 3 heteroatoms. The van der Waals surface area contributed by atoms with Crippen LogP contribution in [0.15, 0.2) is 5.38 Å². The third-order valence-corrected chi connectivity index (χ3v) is 4.21. The second-order valence-corrected chi connectivity index (χ2v) is 5.32. The predicted octanol–water partition coefficient (Wildman–Crippen LogP) is 2.49. The van der Waals surface area contributed by atoms with Gasteiger partial charge in [0, 0.05) is 23.8 Å². The number of aromatic nitrogens is 1. The Morgan fingerprint density at radius 3 is 2.93 bits per heavy atom. The van der Waals surface area contributed by atoms with Crippen LogP contribution >= 0.6 is 11.3 Å². The quantitative estimate of drug-likeness (QED) is 0.807. The fourth-order valence-corrected chi connectivity index (χ4v) is 3.16. The maximum atomic E-state index is 4.77. The SMILES string of the molecule is c1sc(C2CCCNC2)nc1C1CC1. The Hall–Kier alpha value is -0.410. The molecule has 0 radical (unpaired) electrons. The summed E-state index contributed by atoms with van der Waals surface area (Å²) in [6.45, 7) is 2.33. The molecule has 0 bridgehead atoms. The molecule has 2 fully saturated rings. The van der Waals surface area contributed by atoms with Gasteiger partial charge in [-0.1, -0.05) is 0 Å². The molecule has 1 atom stereocenters. The fraction of sp³-hybridized carbons (Fsp3) is 0.727. The summed E-state index contributed by atoms with van der Waals surface area (Å²) in [5.41, 5.74) is 1.37. The van der Waals surface area contributed by atoms with Crippen LogP contribution in [0.4, 0.5) is 0 Å². The van der Waals surface area contributed by atoms with Crippen LogP contribution in [0.1, 0.15) is 48.2 Å². The van der Waals surface area contributed by atoms with E-state index in [0.29, 0.717) is 5.92 Å². The van der Waals surface area contributed by atoms with Gasteiger partial charge in [-0.25, -0.2) is 4.98 Å². The molecule has 1 saturated carbocycles. The van der Waals surface area contributed by atoms with E-state index in [1.54, 1.807) is 0 Å². The highest BCUT2D eigenvalue weighted by molar-refractivity contribution is 7.09. The topological polar surface area (TPSA) is 24.9 Å². The first-order valence-corrected chi connectivity index (χ1v) is 6.47. The molecular weight excluding hydrogens is 192 g/mol. The van der Waals surface area contributed by atoms with Crippen molar-refractivity contribution >= 4 is 11.3 Å². The van der Waals surface area contributed by atoms with Crippen molar-refractivity contribution in [2.24, 2.45) is 0 Å².